The van der Waals surface area contributed by atoms with Crippen LogP contribution in [0.4, 0.5) is 4.79 Å². The lowest BCUT2D eigenvalue weighted by molar-refractivity contribution is -0.131. The van der Waals surface area contributed by atoms with Crippen LogP contribution >= 0.6 is 11.6 Å². The molecule has 2 fully saturated rings. The van der Waals surface area contributed by atoms with E-state index >= 15 is 0 Å². The molecule has 2 heterocycles. The second kappa shape index (κ2) is 7.17. The van der Waals surface area contributed by atoms with Crippen LogP contribution in [0.25, 0.3) is 0 Å². The SMILES string of the molecule is CC(C)(C)OC(=O)N1CCN(C(=O)CCl)CC2(CCCC(=O)N2)C1. The van der Waals surface area contributed by atoms with E-state index in [9.17, 15) is 14.4 Å². The summed E-state index contributed by atoms with van der Waals surface area (Å²) in [4.78, 5) is 39.7. The Balaban J connectivity index is 2.21. The third kappa shape index (κ3) is 4.75. The maximum atomic E-state index is 12.5. The Morgan fingerprint density at radius 2 is 1.88 bits per heavy atom. The zero-order valence-corrected chi connectivity index (χ0v) is 15.3. The number of piperidine rings is 1. The fourth-order valence-electron chi connectivity index (χ4n) is 3.21. The molecule has 2 rings (SSSR count). The van der Waals surface area contributed by atoms with E-state index < -0.39 is 17.2 Å². The van der Waals surface area contributed by atoms with E-state index in [1.807, 2.05) is 20.8 Å². The lowest BCUT2D eigenvalue weighted by Gasteiger charge is -2.41. The van der Waals surface area contributed by atoms with Crippen LogP contribution in [0.15, 0.2) is 0 Å². The number of nitrogens with one attached hydrogen (secondary N) is 1. The van der Waals surface area contributed by atoms with Crippen molar-refractivity contribution in [2.45, 2.75) is 51.2 Å². The number of hydrogen-bond acceptors (Lipinski definition) is 4. The van der Waals surface area contributed by atoms with Crippen LogP contribution in [0.1, 0.15) is 40.0 Å². The molecule has 1 atom stereocenters. The van der Waals surface area contributed by atoms with E-state index in [1.54, 1.807) is 9.80 Å². The van der Waals surface area contributed by atoms with Gasteiger partial charge in [0.25, 0.3) is 0 Å². The lowest BCUT2D eigenvalue weighted by atomic mass is 9.87. The summed E-state index contributed by atoms with van der Waals surface area (Å²) >= 11 is 5.70. The highest BCUT2D eigenvalue weighted by Gasteiger charge is 2.43. The van der Waals surface area contributed by atoms with Gasteiger partial charge in [0.05, 0.1) is 5.54 Å². The normalized spacial score (nSPS) is 25.2. The Morgan fingerprint density at radius 3 is 2.46 bits per heavy atom. The average Bonchev–Trinajstić information content (AvgIpc) is 2.65. The van der Waals surface area contributed by atoms with E-state index in [2.05, 4.69) is 5.32 Å². The summed E-state index contributed by atoms with van der Waals surface area (Å²) in [6.45, 7) is 6.86. The Hall–Kier alpha value is -1.50. The fourth-order valence-corrected chi connectivity index (χ4v) is 3.37. The van der Waals surface area contributed by atoms with Crippen LogP contribution < -0.4 is 5.32 Å². The number of amides is 3. The Morgan fingerprint density at radius 1 is 1.25 bits per heavy atom. The molecule has 0 radical (unpaired) electrons. The summed E-state index contributed by atoms with van der Waals surface area (Å²) in [5, 5.41) is 3.00. The van der Waals surface area contributed by atoms with Crippen LogP contribution in [-0.4, -0.2) is 70.9 Å². The van der Waals surface area contributed by atoms with Crippen molar-refractivity contribution in [2.24, 2.45) is 0 Å². The number of hydrogen-bond donors (Lipinski definition) is 1. The molecule has 3 amide bonds. The molecular formula is C16H26ClN3O4. The van der Waals surface area contributed by atoms with Gasteiger partial charge in [0, 0.05) is 32.6 Å². The largest absolute Gasteiger partial charge is 0.444 e. The minimum atomic E-state index is -0.634. The number of carbonyl (C=O) groups excluding carboxylic acids is 3. The topological polar surface area (TPSA) is 79.0 Å². The standard InChI is InChI=1S/C16H26ClN3O4/c1-15(2,3)24-14(23)20-8-7-19(13(22)9-17)10-16(11-20)6-4-5-12(21)18-16/h4-11H2,1-3H3,(H,18,21). The minimum absolute atomic E-state index is 0.0504. The summed E-state index contributed by atoms with van der Waals surface area (Å²) < 4.78 is 5.46. The van der Waals surface area contributed by atoms with Gasteiger partial charge in [0.15, 0.2) is 0 Å². The number of rotatable bonds is 1. The van der Waals surface area contributed by atoms with Crippen LogP contribution in [0.5, 0.6) is 0 Å². The molecule has 8 heteroatoms. The highest BCUT2D eigenvalue weighted by molar-refractivity contribution is 6.27. The van der Waals surface area contributed by atoms with Gasteiger partial charge in [0.1, 0.15) is 11.5 Å². The van der Waals surface area contributed by atoms with Crippen LogP contribution in [0, 0.1) is 0 Å². The van der Waals surface area contributed by atoms with E-state index in [-0.39, 0.29) is 17.7 Å². The van der Waals surface area contributed by atoms with Gasteiger partial charge in [0.2, 0.25) is 11.8 Å². The third-order valence-electron chi connectivity index (χ3n) is 4.21. The molecule has 136 valence electrons. The van der Waals surface area contributed by atoms with Gasteiger partial charge in [-0.1, -0.05) is 0 Å². The first-order chi connectivity index (χ1) is 11.1. The van der Waals surface area contributed by atoms with E-state index in [0.717, 1.165) is 6.42 Å². The Kier molecular flexibility index (Phi) is 5.63. The van der Waals surface area contributed by atoms with E-state index in [0.29, 0.717) is 39.0 Å². The fraction of sp³-hybridized carbons (Fsp3) is 0.812. The van der Waals surface area contributed by atoms with Gasteiger partial charge in [-0.25, -0.2) is 4.79 Å². The van der Waals surface area contributed by atoms with Gasteiger partial charge < -0.3 is 19.9 Å². The van der Waals surface area contributed by atoms with E-state index in [4.69, 9.17) is 16.3 Å². The van der Waals surface area contributed by atoms with Crippen molar-refractivity contribution >= 4 is 29.5 Å². The number of nitrogens with zero attached hydrogens (tertiary/aromatic N) is 2. The first-order valence-electron chi connectivity index (χ1n) is 8.27. The van der Waals surface area contributed by atoms with Gasteiger partial charge in [-0.2, -0.15) is 0 Å². The number of ether oxygens (including phenoxy) is 1. The molecule has 2 aliphatic heterocycles. The maximum absolute atomic E-state index is 12.5. The van der Waals surface area contributed by atoms with Gasteiger partial charge in [-0.05, 0) is 33.6 Å². The van der Waals surface area contributed by atoms with E-state index in [1.165, 1.54) is 0 Å². The van der Waals surface area contributed by atoms with Crippen molar-refractivity contribution in [3.8, 4) is 0 Å². The zero-order valence-electron chi connectivity index (χ0n) is 14.6. The maximum Gasteiger partial charge on any atom is 0.410 e. The molecule has 0 aromatic rings. The summed E-state index contributed by atoms with van der Waals surface area (Å²) in [7, 11) is 0. The first-order valence-corrected chi connectivity index (χ1v) is 8.80. The third-order valence-corrected chi connectivity index (χ3v) is 4.44. The van der Waals surface area contributed by atoms with Gasteiger partial charge in [-0.3, -0.25) is 9.59 Å². The molecule has 1 N–H and O–H groups in total. The van der Waals surface area contributed by atoms with Crippen LogP contribution in [-0.2, 0) is 14.3 Å². The van der Waals surface area contributed by atoms with Crippen molar-refractivity contribution in [3.63, 3.8) is 0 Å². The highest BCUT2D eigenvalue weighted by Crippen LogP contribution is 2.26. The van der Waals surface area contributed by atoms with Crippen molar-refractivity contribution in [1.29, 1.82) is 0 Å². The smallest absolute Gasteiger partial charge is 0.410 e. The van der Waals surface area contributed by atoms with Gasteiger partial charge in [-0.15, -0.1) is 11.6 Å². The average molecular weight is 360 g/mol. The second-order valence-corrected chi connectivity index (χ2v) is 7.80. The quantitative estimate of drug-likeness (QED) is 0.717. The number of carbonyl (C=O) groups is 3. The summed E-state index contributed by atoms with van der Waals surface area (Å²) in [6.07, 6.45) is 1.49. The predicted octanol–water partition coefficient (Wildman–Crippen LogP) is 1.34. The first kappa shape index (κ1) is 18.8. The molecule has 1 unspecified atom stereocenters. The molecule has 7 nitrogen and oxygen atoms in total. The number of alkyl halides is 1. The molecule has 24 heavy (non-hydrogen) atoms. The molecular weight excluding hydrogens is 334 g/mol. The second-order valence-electron chi connectivity index (χ2n) is 7.53. The van der Waals surface area contributed by atoms with Crippen molar-refractivity contribution in [2.75, 3.05) is 32.1 Å². The van der Waals surface area contributed by atoms with Gasteiger partial charge >= 0.3 is 6.09 Å². The predicted molar refractivity (Wildman–Crippen MR) is 89.8 cm³/mol. The molecule has 0 bridgehead atoms. The molecule has 0 saturated carbocycles. The highest BCUT2D eigenvalue weighted by atomic mass is 35.5. The lowest BCUT2D eigenvalue weighted by Crippen LogP contribution is -2.62. The molecule has 0 aromatic heterocycles. The molecule has 1 spiro atoms. The van der Waals surface area contributed by atoms with Crippen molar-refractivity contribution in [3.05, 3.63) is 0 Å². The summed E-state index contributed by atoms with van der Waals surface area (Å²) in [6, 6.07) is 0. The molecule has 0 aliphatic carbocycles. The summed E-state index contributed by atoms with van der Waals surface area (Å²) in [5.41, 5.74) is -1.23. The van der Waals surface area contributed by atoms with Crippen LogP contribution in [0.2, 0.25) is 0 Å². The molecule has 0 aromatic carbocycles. The Bertz CT molecular complexity index is 520. The molecule has 2 saturated heterocycles. The minimum Gasteiger partial charge on any atom is -0.444 e. The zero-order chi connectivity index (χ0) is 18.0. The number of halogens is 1. The monoisotopic (exact) mass is 359 g/mol. The van der Waals surface area contributed by atoms with Crippen LogP contribution in [0.3, 0.4) is 0 Å². The molecule has 2 aliphatic rings. The van der Waals surface area contributed by atoms with Crippen molar-refractivity contribution < 1.29 is 19.1 Å². The Labute approximate surface area is 147 Å². The van der Waals surface area contributed by atoms with Crippen molar-refractivity contribution in [1.82, 2.24) is 15.1 Å². The summed E-state index contributed by atoms with van der Waals surface area (Å²) in [5.74, 6) is -0.358.